The van der Waals surface area contributed by atoms with E-state index in [2.05, 4.69) is 21.1 Å². The van der Waals surface area contributed by atoms with Gasteiger partial charge in [-0.1, -0.05) is 6.92 Å². The number of nitrogens with one attached hydrogen (secondary N) is 2. The molecule has 10 heteroatoms. The topological polar surface area (TPSA) is 120 Å². The molecular weight excluding hydrogens is 428 g/mol. The first-order valence-corrected chi connectivity index (χ1v) is 10.1. The second kappa shape index (κ2) is 12.7. The number of methoxy groups -OCH3 is 4. The number of hydrogen-bond donors (Lipinski definition) is 2. The smallest absolute Gasteiger partial charge is 0.252 e. The monoisotopic (exact) mass is 456 g/mol. The van der Waals surface area contributed by atoms with Crippen LogP contribution in [-0.2, 0) is 9.59 Å². The van der Waals surface area contributed by atoms with Crippen LogP contribution in [0.4, 0.5) is 0 Å². The predicted molar refractivity (Wildman–Crippen MR) is 124 cm³/mol. The highest BCUT2D eigenvalue weighted by atomic mass is 16.5. The van der Waals surface area contributed by atoms with E-state index in [9.17, 15) is 9.59 Å². The Bertz CT molecular complexity index is 943. The van der Waals surface area contributed by atoms with E-state index in [1.54, 1.807) is 57.5 Å². The van der Waals surface area contributed by atoms with Crippen molar-refractivity contribution in [2.75, 3.05) is 28.4 Å². The summed E-state index contributed by atoms with van der Waals surface area (Å²) in [6.45, 7) is 1.72. The van der Waals surface area contributed by atoms with Gasteiger partial charge in [-0.15, -0.1) is 0 Å². The maximum atomic E-state index is 12.4. The third kappa shape index (κ3) is 6.96. The lowest BCUT2D eigenvalue weighted by molar-refractivity contribution is -0.135. The van der Waals surface area contributed by atoms with Gasteiger partial charge < -0.3 is 18.9 Å². The molecule has 33 heavy (non-hydrogen) atoms. The van der Waals surface area contributed by atoms with Gasteiger partial charge in [0.25, 0.3) is 11.8 Å². The zero-order valence-corrected chi connectivity index (χ0v) is 19.2. The molecule has 0 unspecified atom stereocenters. The highest BCUT2D eigenvalue weighted by molar-refractivity contribution is 6.00. The van der Waals surface area contributed by atoms with Crippen LogP contribution < -0.4 is 29.8 Å². The van der Waals surface area contributed by atoms with Gasteiger partial charge in [-0.25, -0.2) is 10.9 Å². The van der Waals surface area contributed by atoms with Gasteiger partial charge in [-0.05, 0) is 53.9 Å². The zero-order chi connectivity index (χ0) is 24.2. The lowest BCUT2D eigenvalue weighted by Crippen LogP contribution is -2.37. The first-order valence-electron chi connectivity index (χ1n) is 10.1. The zero-order valence-electron chi connectivity index (χ0n) is 19.2. The molecule has 0 saturated heterocycles. The molecule has 0 aliphatic heterocycles. The van der Waals surface area contributed by atoms with Crippen molar-refractivity contribution in [2.24, 2.45) is 16.1 Å². The minimum absolute atomic E-state index is 0.273. The average molecular weight is 456 g/mol. The number of hydrogen-bond acceptors (Lipinski definition) is 8. The summed E-state index contributed by atoms with van der Waals surface area (Å²) >= 11 is 0. The summed E-state index contributed by atoms with van der Waals surface area (Å²) in [4.78, 5) is 24.8. The van der Waals surface area contributed by atoms with Gasteiger partial charge in [-0.2, -0.15) is 10.2 Å². The second-order valence-electron chi connectivity index (χ2n) is 6.66. The lowest BCUT2D eigenvalue weighted by atomic mass is 10.1. The lowest BCUT2D eigenvalue weighted by Gasteiger charge is -2.11. The Labute approximate surface area is 192 Å². The van der Waals surface area contributed by atoms with E-state index in [1.807, 2.05) is 0 Å². The van der Waals surface area contributed by atoms with Crippen molar-refractivity contribution in [1.82, 2.24) is 10.9 Å². The van der Waals surface area contributed by atoms with E-state index >= 15 is 0 Å². The molecule has 0 spiro atoms. The van der Waals surface area contributed by atoms with Crippen LogP contribution in [0.15, 0.2) is 46.6 Å². The molecule has 2 N–H and O–H groups in total. The van der Waals surface area contributed by atoms with E-state index < -0.39 is 17.7 Å². The second-order valence-corrected chi connectivity index (χ2v) is 6.66. The predicted octanol–water partition coefficient (Wildman–Crippen LogP) is 2.35. The molecule has 0 saturated carbocycles. The number of hydrazone groups is 2. The van der Waals surface area contributed by atoms with Gasteiger partial charge in [0.1, 0.15) is 5.92 Å². The van der Waals surface area contributed by atoms with Crippen molar-refractivity contribution in [3.8, 4) is 23.0 Å². The van der Waals surface area contributed by atoms with E-state index in [0.717, 1.165) is 0 Å². The minimum Gasteiger partial charge on any atom is -0.493 e. The molecule has 2 aromatic rings. The molecule has 0 atom stereocenters. The highest BCUT2D eigenvalue weighted by Crippen LogP contribution is 2.27. The Morgan fingerprint density at radius 3 is 1.48 bits per heavy atom. The van der Waals surface area contributed by atoms with Gasteiger partial charge >= 0.3 is 0 Å². The van der Waals surface area contributed by atoms with Crippen molar-refractivity contribution in [3.05, 3.63) is 47.5 Å². The molecule has 2 amide bonds. The number of benzene rings is 2. The standard InChI is InChI=1S/C23H28N4O6/c1-6-17(22(28)26-24-13-15-7-9-18(30-2)20(11-15)32-4)23(29)27-25-14-16-8-10-19(31-3)21(12-16)33-5/h7-14,17H,6H2,1-5H3,(H,26,28)(H,27,29)/b24-13-,25-14-. The van der Waals surface area contributed by atoms with Gasteiger partial charge in [-0.3, -0.25) is 9.59 Å². The first kappa shape index (κ1) is 25.2. The van der Waals surface area contributed by atoms with E-state index in [-0.39, 0.29) is 6.42 Å². The summed E-state index contributed by atoms with van der Waals surface area (Å²) in [6, 6.07) is 10.4. The average Bonchev–Trinajstić information content (AvgIpc) is 2.84. The molecule has 0 heterocycles. The van der Waals surface area contributed by atoms with Gasteiger partial charge in [0.15, 0.2) is 23.0 Å². The number of amides is 2. The summed E-state index contributed by atoms with van der Waals surface area (Å²) in [7, 11) is 6.14. The van der Waals surface area contributed by atoms with Crippen LogP contribution in [0.3, 0.4) is 0 Å². The van der Waals surface area contributed by atoms with Crippen LogP contribution in [0.5, 0.6) is 23.0 Å². The molecule has 2 aromatic carbocycles. The van der Waals surface area contributed by atoms with Gasteiger partial charge in [0.2, 0.25) is 0 Å². The molecule has 0 aliphatic carbocycles. The Kier molecular flexibility index (Phi) is 9.69. The number of carbonyl (C=O) groups is 2. The summed E-state index contributed by atoms with van der Waals surface area (Å²) in [5.41, 5.74) is 6.13. The number of nitrogens with zero attached hydrogens (tertiary/aromatic N) is 2. The number of carbonyl (C=O) groups excluding carboxylic acids is 2. The molecule has 0 aliphatic rings. The minimum atomic E-state index is -0.963. The summed E-state index contributed by atoms with van der Waals surface area (Å²) < 4.78 is 20.8. The molecule has 176 valence electrons. The Morgan fingerprint density at radius 1 is 0.758 bits per heavy atom. The fourth-order valence-corrected chi connectivity index (χ4v) is 2.85. The molecule has 10 nitrogen and oxygen atoms in total. The van der Waals surface area contributed by atoms with Crippen LogP contribution in [0.2, 0.25) is 0 Å². The molecular formula is C23H28N4O6. The van der Waals surface area contributed by atoms with Crippen LogP contribution in [-0.4, -0.2) is 52.7 Å². The van der Waals surface area contributed by atoms with Gasteiger partial charge in [0.05, 0.1) is 40.9 Å². The third-order valence-electron chi connectivity index (χ3n) is 4.63. The normalized spacial score (nSPS) is 11.0. The van der Waals surface area contributed by atoms with E-state index in [4.69, 9.17) is 18.9 Å². The third-order valence-corrected chi connectivity index (χ3v) is 4.63. The van der Waals surface area contributed by atoms with Crippen molar-refractivity contribution in [1.29, 1.82) is 0 Å². The summed E-state index contributed by atoms with van der Waals surface area (Å²) in [5, 5.41) is 7.84. The Balaban J connectivity index is 1.96. The molecule has 0 radical (unpaired) electrons. The van der Waals surface area contributed by atoms with Crippen molar-refractivity contribution < 1.29 is 28.5 Å². The summed E-state index contributed by atoms with van der Waals surface area (Å²) in [5.74, 6) is 0.165. The fraction of sp³-hybridized carbons (Fsp3) is 0.304. The molecule has 0 fully saturated rings. The SMILES string of the molecule is CCC(C(=O)N/N=C\c1ccc(OC)c(OC)c1)C(=O)N/N=C\c1ccc(OC)c(OC)c1. The van der Waals surface area contributed by atoms with Crippen molar-refractivity contribution in [2.45, 2.75) is 13.3 Å². The molecule has 2 rings (SSSR count). The highest BCUT2D eigenvalue weighted by Gasteiger charge is 2.24. The van der Waals surface area contributed by atoms with Gasteiger partial charge in [0, 0.05) is 0 Å². The van der Waals surface area contributed by atoms with Crippen molar-refractivity contribution in [3.63, 3.8) is 0 Å². The van der Waals surface area contributed by atoms with E-state index in [0.29, 0.717) is 34.1 Å². The largest absolute Gasteiger partial charge is 0.493 e. The number of rotatable bonds is 11. The maximum absolute atomic E-state index is 12.4. The van der Waals surface area contributed by atoms with Crippen LogP contribution >= 0.6 is 0 Å². The van der Waals surface area contributed by atoms with E-state index in [1.165, 1.54) is 26.6 Å². The van der Waals surface area contributed by atoms with Crippen LogP contribution in [0, 0.1) is 5.92 Å². The van der Waals surface area contributed by atoms with Crippen LogP contribution in [0.25, 0.3) is 0 Å². The Hall–Kier alpha value is -4.08. The molecule has 0 bridgehead atoms. The molecule has 0 aromatic heterocycles. The fourth-order valence-electron chi connectivity index (χ4n) is 2.85. The van der Waals surface area contributed by atoms with Crippen molar-refractivity contribution >= 4 is 24.2 Å². The maximum Gasteiger partial charge on any atom is 0.252 e. The first-order chi connectivity index (χ1) is 16.0. The quantitative estimate of drug-likeness (QED) is 0.304. The van der Waals surface area contributed by atoms with Crippen LogP contribution in [0.1, 0.15) is 24.5 Å². The summed E-state index contributed by atoms with van der Waals surface area (Å²) in [6.07, 6.45) is 3.16. The number of ether oxygens (including phenoxy) is 4. The Morgan fingerprint density at radius 2 is 1.15 bits per heavy atom.